The van der Waals surface area contributed by atoms with Gasteiger partial charge in [0.2, 0.25) is 0 Å². The Balaban J connectivity index is 2.94. The molecule has 0 bridgehead atoms. The van der Waals surface area contributed by atoms with Crippen molar-refractivity contribution in [3.8, 4) is 0 Å². The monoisotopic (exact) mass is 362 g/mol. The lowest BCUT2D eigenvalue weighted by atomic mass is 9.85. The molecule has 0 saturated heterocycles. The van der Waals surface area contributed by atoms with Crippen LogP contribution in [0.2, 0.25) is 0 Å². The number of rotatable bonds is 13. The molecule has 0 aliphatic rings. The number of esters is 1. The van der Waals surface area contributed by atoms with Crippen molar-refractivity contribution in [2.75, 3.05) is 0 Å². The van der Waals surface area contributed by atoms with Gasteiger partial charge in [-0.1, -0.05) is 46.5 Å². The number of carbonyl (C=O) groups excluding carboxylic acids is 1. The van der Waals surface area contributed by atoms with Crippen LogP contribution in [0.3, 0.4) is 0 Å². The van der Waals surface area contributed by atoms with Crippen LogP contribution in [-0.2, 0) is 4.74 Å². The molecule has 0 radical (unpaired) electrons. The average Bonchev–Trinajstić information content (AvgIpc) is 2.64. The lowest BCUT2D eigenvalue weighted by molar-refractivity contribution is -0.0356. The maximum Gasteiger partial charge on any atom is 0.338 e. The van der Waals surface area contributed by atoms with E-state index in [4.69, 9.17) is 9.84 Å². The second kappa shape index (κ2) is 11.7. The van der Waals surface area contributed by atoms with E-state index in [0.29, 0.717) is 5.56 Å². The Labute approximate surface area is 158 Å². The van der Waals surface area contributed by atoms with Crippen molar-refractivity contribution in [2.45, 2.75) is 90.6 Å². The van der Waals surface area contributed by atoms with E-state index in [2.05, 4.69) is 20.8 Å². The third kappa shape index (κ3) is 7.19. The molecule has 0 aliphatic heterocycles. The predicted octanol–water partition coefficient (Wildman–Crippen LogP) is 6.24. The van der Waals surface area contributed by atoms with E-state index < -0.39 is 11.6 Å². The van der Waals surface area contributed by atoms with Crippen molar-refractivity contribution in [1.29, 1.82) is 0 Å². The number of carboxylic acids is 1. The van der Waals surface area contributed by atoms with Crippen LogP contribution in [0.15, 0.2) is 24.3 Å². The number of hydrogen-bond acceptors (Lipinski definition) is 3. The highest BCUT2D eigenvalue weighted by Gasteiger charge is 2.33. The van der Waals surface area contributed by atoms with E-state index in [9.17, 15) is 9.59 Å². The second-order valence-corrected chi connectivity index (χ2v) is 7.12. The molecule has 1 rings (SSSR count). The van der Waals surface area contributed by atoms with Crippen LogP contribution in [0.25, 0.3) is 0 Å². The van der Waals surface area contributed by atoms with Gasteiger partial charge in [0.05, 0.1) is 11.1 Å². The van der Waals surface area contributed by atoms with E-state index in [-0.39, 0.29) is 11.5 Å². The molecule has 0 atom stereocenters. The Morgan fingerprint density at radius 2 is 1.27 bits per heavy atom. The SMILES string of the molecule is CCCCCC(CCCC)(CCCC)OC(=O)c1ccc(C(=O)O)cc1. The van der Waals surface area contributed by atoms with Gasteiger partial charge in [-0.15, -0.1) is 0 Å². The van der Waals surface area contributed by atoms with E-state index in [1.807, 2.05) is 0 Å². The number of hydrogen-bond donors (Lipinski definition) is 1. The largest absolute Gasteiger partial charge is 0.478 e. The molecular weight excluding hydrogens is 328 g/mol. The summed E-state index contributed by atoms with van der Waals surface area (Å²) in [5, 5.41) is 9.00. The zero-order valence-electron chi connectivity index (χ0n) is 16.6. The summed E-state index contributed by atoms with van der Waals surface area (Å²) < 4.78 is 6.09. The van der Waals surface area contributed by atoms with Crippen LogP contribution >= 0.6 is 0 Å². The zero-order chi connectivity index (χ0) is 19.4. The number of unbranched alkanes of at least 4 members (excludes halogenated alkanes) is 4. The molecule has 0 saturated carbocycles. The van der Waals surface area contributed by atoms with Crippen molar-refractivity contribution in [2.24, 2.45) is 0 Å². The van der Waals surface area contributed by atoms with Gasteiger partial charge in [-0.3, -0.25) is 0 Å². The first kappa shape index (κ1) is 22.2. The zero-order valence-corrected chi connectivity index (χ0v) is 16.6. The number of carboxylic acid groups (broad SMARTS) is 1. The van der Waals surface area contributed by atoms with Crippen LogP contribution in [0.5, 0.6) is 0 Å². The van der Waals surface area contributed by atoms with Crippen LogP contribution in [0.4, 0.5) is 0 Å². The molecule has 0 amide bonds. The number of benzene rings is 1. The summed E-state index contributed by atoms with van der Waals surface area (Å²) in [6.07, 6.45) is 10.3. The third-order valence-corrected chi connectivity index (χ3v) is 4.88. The number of aromatic carboxylic acids is 1. The van der Waals surface area contributed by atoms with Crippen molar-refractivity contribution >= 4 is 11.9 Å². The van der Waals surface area contributed by atoms with Gasteiger partial charge in [0.1, 0.15) is 5.60 Å². The van der Waals surface area contributed by atoms with E-state index in [1.54, 1.807) is 12.1 Å². The standard InChI is InChI=1S/C22H34O4/c1-4-7-10-17-22(15-8-5-2,16-9-6-3)26-21(25)19-13-11-18(12-14-19)20(23)24/h11-14H,4-10,15-17H2,1-3H3,(H,23,24). The summed E-state index contributed by atoms with van der Waals surface area (Å²) >= 11 is 0. The summed E-state index contributed by atoms with van der Waals surface area (Å²) in [6.45, 7) is 6.49. The second-order valence-electron chi connectivity index (χ2n) is 7.12. The summed E-state index contributed by atoms with van der Waals surface area (Å²) in [7, 11) is 0. The molecule has 0 fully saturated rings. The highest BCUT2D eigenvalue weighted by molar-refractivity contribution is 5.92. The molecule has 1 aromatic carbocycles. The summed E-state index contributed by atoms with van der Waals surface area (Å²) in [4.78, 5) is 23.7. The molecule has 0 heterocycles. The number of ether oxygens (including phenoxy) is 1. The minimum absolute atomic E-state index is 0.174. The minimum Gasteiger partial charge on any atom is -0.478 e. The van der Waals surface area contributed by atoms with Gasteiger partial charge < -0.3 is 9.84 Å². The predicted molar refractivity (Wildman–Crippen MR) is 105 cm³/mol. The highest BCUT2D eigenvalue weighted by atomic mass is 16.6. The van der Waals surface area contributed by atoms with Crippen LogP contribution < -0.4 is 0 Å². The fourth-order valence-corrected chi connectivity index (χ4v) is 3.23. The van der Waals surface area contributed by atoms with Crippen LogP contribution in [-0.4, -0.2) is 22.6 Å². The topological polar surface area (TPSA) is 63.6 Å². The first-order valence-electron chi connectivity index (χ1n) is 10.0. The number of carbonyl (C=O) groups is 2. The molecular formula is C22H34O4. The van der Waals surface area contributed by atoms with Crippen LogP contribution in [0.1, 0.15) is 106 Å². The van der Waals surface area contributed by atoms with Gasteiger partial charge in [-0.05, 0) is 62.8 Å². The minimum atomic E-state index is -0.996. The maximum atomic E-state index is 12.7. The molecule has 146 valence electrons. The van der Waals surface area contributed by atoms with Gasteiger partial charge in [0, 0.05) is 0 Å². The Morgan fingerprint density at radius 1 is 0.808 bits per heavy atom. The molecule has 1 N–H and O–H groups in total. The molecule has 4 nitrogen and oxygen atoms in total. The average molecular weight is 363 g/mol. The van der Waals surface area contributed by atoms with Crippen molar-refractivity contribution in [3.63, 3.8) is 0 Å². The fraction of sp³-hybridized carbons (Fsp3) is 0.636. The van der Waals surface area contributed by atoms with Gasteiger partial charge in [0.25, 0.3) is 0 Å². The third-order valence-electron chi connectivity index (χ3n) is 4.88. The normalized spacial score (nSPS) is 11.3. The molecule has 0 aromatic heterocycles. The molecule has 0 unspecified atom stereocenters. The smallest absolute Gasteiger partial charge is 0.338 e. The van der Waals surface area contributed by atoms with Crippen molar-refractivity contribution in [3.05, 3.63) is 35.4 Å². The van der Waals surface area contributed by atoms with Gasteiger partial charge in [-0.2, -0.15) is 0 Å². The first-order chi connectivity index (χ1) is 12.5. The molecule has 4 heteroatoms. The quantitative estimate of drug-likeness (QED) is 0.333. The highest BCUT2D eigenvalue weighted by Crippen LogP contribution is 2.33. The van der Waals surface area contributed by atoms with E-state index in [0.717, 1.165) is 64.2 Å². The van der Waals surface area contributed by atoms with Crippen LogP contribution in [0, 0.1) is 0 Å². The summed E-state index contributed by atoms with van der Waals surface area (Å²) in [5.41, 5.74) is 0.194. The lowest BCUT2D eigenvalue weighted by Crippen LogP contribution is -2.35. The Bertz CT molecular complexity index is 540. The molecule has 26 heavy (non-hydrogen) atoms. The lowest BCUT2D eigenvalue weighted by Gasteiger charge is -2.34. The Kier molecular flexibility index (Phi) is 10.0. The molecule has 0 aliphatic carbocycles. The van der Waals surface area contributed by atoms with Gasteiger partial charge in [-0.25, -0.2) is 9.59 Å². The summed E-state index contributed by atoms with van der Waals surface area (Å²) in [6, 6.07) is 6.00. The maximum absolute atomic E-state index is 12.7. The van der Waals surface area contributed by atoms with E-state index >= 15 is 0 Å². The first-order valence-corrected chi connectivity index (χ1v) is 10.0. The Hall–Kier alpha value is -1.84. The Morgan fingerprint density at radius 3 is 1.73 bits per heavy atom. The van der Waals surface area contributed by atoms with Gasteiger partial charge in [0.15, 0.2) is 0 Å². The van der Waals surface area contributed by atoms with Gasteiger partial charge >= 0.3 is 11.9 Å². The van der Waals surface area contributed by atoms with Crippen molar-refractivity contribution in [1.82, 2.24) is 0 Å². The van der Waals surface area contributed by atoms with Crippen molar-refractivity contribution < 1.29 is 19.4 Å². The summed E-state index contributed by atoms with van der Waals surface area (Å²) in [5.74, 6) is -1.34. The molecule has 1 aromatic rings. The fourth-order valence-electron chi connectivity index (χ4n) is 3.23. The molecule has 0 spiro atoms. The van der Waals surface area contributed by atoms with E-state index in [1.165, 1.54) is 12.1 Å².